The van der Waals surface area contributed by atoms with Crippen LogP contribution in [-0.2, 0) is 4.84 Å². The molecule has 0 bridgehead atoms. The van der Waals surface area contributed by atoms with Crippen LogP contribution in [0.1, 0.15) is 6.42 Å². The second-order valence-electron chi connectivity index (χ2n) is 3.79. The predicted octanol–water partition coefficient (Wildman–Crippen LogP) is 2.09. The van der Waals surface area contributed by atoms with Gasteiger partial charge in [-0.15, -0.1) is 16.8 Å². The summed E-state index contributed by atoms with van der Waals surface area (Å²) in [6, 6.07) is 11.3. The van der Waals surface area contributed by atoms with Crippen molar-refractivity contribution in [1.82, 2.24) is 5.48 Å². The van der Waals surface area contributed by atoms with Crippen molar-refractivity contribution in [3.63, 3.8) is 0 Å². The third-order valence-electron chi connectivity index (χ3n) is 2.42. The van der Waals surface area contributed by atoms with E-state index in [9.17, 15) is 0 Å². The average molecular weight is 284 g/mol. The van der Waals surface area contributed by atoms with Gasteiger partial charge in [0, 0.05) is 0 Å². The van der Waals surface area contributed by atoms with E-state index in [-0.39, 0.29) is 6.04 Å². The Kier molecular flexibility index (Phi) is 4.85. The van der Waals surface area contributed by atoms with E-state index in [0.717, 1.165) is 5.06 Å². The summed E-state index contributed by atoms with van der Waals surface area (Å²) in [6.45, 7) is 0. The SMILES string of the molecule is N[C@@H](CCS)C1(Oc2cccccccs2)NO1. The minimum Gasteiger partial charge on any atom is -0.435 e. The maximum atomic E-state index is 6.00. The highest BCUT2D eigenvalue weighted by molar-refractivity contribution is 7.80. The summed E-state index contributed by atoms with van der Waals surface area (Å²) < 4.78 is 5.80. The zero-order chi connectivity index (χ0) is 12.8. The number of hydrogen-bond donors (Lipinski definition) is 3. The molecule has 0 spiro atoms. The van der Waals surface area contributed by atoms with Crippen LogP contribution in [0, 0.1) is 0 Å². The minimum absolute atomic E-state index is 0.254. The lowest BCUT2D eigenvalue weighted by Crippen LogP contribution is -2.44. The first kappa shape index (κ1) is 13.6. The maximum Gasteiger partial charge on any atom is 0.325 e. The molecule has 2 rings (SSSR count). The van der Waals surface area contributed by atoms with Gasteiger partial charge in [0.25, 0.3) is 0 Å². The lowest BCUT2D eigenvalue weighted by Gasteiger charge is -2.17. The predicted molar refractivity (Wildman–Crippen MR) is 76.0 cm³/mol. The van der Waals surface area contributed by atoms with Crippen LogP contribution in [-0.4, -0.2) is 17.7 Å². The number of nitrogens with one attached hydrogen (secondary N) is 1. The van der Waals surface area contributed by atoms with Crippen molar-refractivity contribution in [2.75, 3.05) is 5.75 Å². The quantitative estimate of drug-likeness (QED) is 0.572. The first-order valence-corrected chi connectivity index (χ1v) is 7.15. The van der Waals surface area contributed by atoms with Crippen LogP contribution in [0.15, 0.2) is 41.8 Å². The molecule has 1 aliphatic rings. The summed E-state index contributed by atoms with van der Waals surface area (Å²) in [4.78, 5) is 5.17. The Hall–Kier alpha value is -0.790. The molecule has 6 heteroatoms. The first-order chi connectivity index (χ1) is 8.77. The maximum absolute atomic E-state index is 6.00. The molecule has 1 aliphatic heterocycles. The van der Waals surface area contributed by atoms with Crippen molar-refractivity contribution >= 4 is 24.0 Å². The van der Waals surface area contributed by atoms with Gasteiger partial charge in [-0.3, -0.25) is 0 Å². The van der Waals surface area contributed by atoms with Crippen LogP contribution in [0.5, 0.6) is 5.06 Å². The highest BCUT2D eigenvalue weighted by atomic mass is 32.1. The van der Waals surface area contributed by atoms with Crippen molar-refractivity contribution in [3.05, 3.63) is 41.8 Å². The number of ether oxygens (including phenoxy) is 1. The van der Waals surface area contributed by atoms with Crippen LogP contribution in [0.4, 0.5) is 0 Å². The summed E-state index contributed by atoms with van der Waals surface area (Å²) in [5.74, 6) is -0.210. The van der Waals surface area contributed by atoms with E-state index in [0.29, 0.717) is 12.2 Å². The lowest BCUT2D eigenvalue weighted by atomic mass is 10.2. The zero-order valence-electron chi connectivity index (χ0n) is 9.78. The van der Waals surface area contributed by atoms with Gasteiger partial charge in [-0.25, -0.2) is 4.84 Å². The van der Waals surface area contributed by atoms with Gasteiger partial charge in [-0.2, -0.15) is 12.6 Å². The normalized spacial score (nSPS) is 23.0. The Labute approximate surface area is 116 Å². The first-order valence-electron chi connectivity index (χ1n) is 5.64. The molecular formula is C12H16N2O2S2. The molecule has 1 unspecified atom stereocenters. The fourth-order valence-electron chi connectivity index (χ4n) is 1.37. The van der Waals surface area contributed by atoms with E-state index in [1.165, 1.54) is 11.3 Å². The Morgan fingerprint density at radius 3 is 2.83 bits per heavy atom. The lowest BCUT2D eigenvalue weighted by molar-refractivity contribution is 0.0399. The second-order valence-corrected chi connectivity index (χ2v) is 5.15. The van der Waals surface area contributed by atoms with E-state index in [1.54, 1.807) is 0 Å². The van der Waals surface area contributed by atoms with E-state index in [4.69, 9.17) is 15.3 Å². The summed E-state index contributed by atoms with van der Waals surface area (Å²) in [5.41, 5.74) is 8.73. The molecule has 0 radical (unpaired) electrons. The topological polar surface area (TPSA) is 69.7 Å². The molecule has 1 aromatic heterocycles. The summed E-state index contributed by atoms with van der Waals surface area (Å²) in [7, 11) is 0. The van der Waals surface area contributed by atoms with Crippen molar-refractivity contribution in [3.8, 4) is 5.06 Å². The Balaban J connectivity index is 2.12. The fraction of sp³-hybridized carbons (Fsp3) is 0.333. The molecule has 0 saturated carbocycles. The van der Waals surface area contributed by atoms with Crippen LogP contribution >= 0.6 is 24.0 Å². The highest BCUT2D eigenvalue weighted by Gasteiger charge is 2.54. The molecule has 1 fully saturated rings. The van der Waals surface area contributed by atoms with E-state index in [1.807, 2.05) is 41.8 Å². The molecule has 2 atom stereocenters. The average Bonchev–Trinajstić information content (AvgIpc) is 3.10. The van der Waals surface area contributed by atoms with Crippen LogP contribution < -0.4 is 16.0 Å². The molecule has 18 heavy (non-hydrogen) atoms. The van der Waals surface area contributed by atoms with Gasteiger partial charge in [0.15, 0.2) is 5.06 Å². The van der Waals surface area contributed by atoms with Gasteiger partial charge < -0.3 is 10.5 Å². The molecule has 0 aliphatic carbocycles. The minimum atomic E-state index is -0.898. The van der Waals surface area contributed by atoms with Gasteiger partial charge in [0.05, 0.1) is 6.04 Å². The standard InChI is InChI=1S/C12H16N2O2S2/c13-10(7-8-17)12(14-16-12)15-11-6-4-2-1-3-5-9-18-11/h1-6,9-10,14,17H,7-8,13H2/t10-,12?/m0/s1. The molecule has 0 aromatic carbocycles. The van der Waals surface area contributed by atoms with E-state index < -0.39 is 5.91 Å². The molecule has 0 amide bonds. The largest absolute Gasteiger partial charge is 0.435 e. The number of thiol groups is 1. The van der Waals surface area contributed by atoms with Gasteiger partial charge in [0.1, 0.15) is 0 Å². The molecule has 98 valence electrons. The molecular weight excluding hydrogens is 268 g/mol. The van der Waals surface area contributed by atoms with Gasteiger partial charge in [0.2, 0.25) is 0 Å². The Morgan fingerprint density at radius 2 is 2.11 bits per heavy atom. The van der Waals surface area contributed by atoms with Gasteiger partial charge >= 0.3 is 5.91 Å². The van der Waals surface area contributed by atoms with Crippen molar-refractivity contribution < 1.29 is 9.57 Å². The van der Waals surface area contributed by atoms with E-state index >= 15 is 0 Å². The third-order valence-corrected chi connectivity index (χ3v) is 3.43. The molecule has 1 aromatic rings. The van der Waals surface area contributed by atoms with Crippen molar-refractivity contribution in [2.45, 2.75) is 18.4 Å². The van der Waals surface area contributed by atoms with Gasteiger partial charge in [-0.05, 0) is 23.6 Å². The zero-order valence-corrected chi connectivity index (χ0v) is 11.5. The number of hydrogen-bond acceptors (Lipinski definition) is 6. The molecule has 2 heterocycles. The highest BCUT2D eigenvalue weighted by Crippen LogP contribution is 2.30. The second kappa shape index (κ2) is 6.40. The van der Waals surface area contributed by atoms with E-state index in [2.05, 4.69) is 18.1 Å². The van der Waals surface area contributed by atoms with Crippen molar-refractivity contribution in [2.24, 2.45) is 5.73 Å². The Morgan fingerprint density at radius 1 is 1.39 bits per heavy atom. The van der Waals surface area contributed by atoms with Crippen LogP contribution in [0.3, 0.4) is 0 Å². The monoisotopic (exact) mass is 284 g/mol. The molecule has 1 saturated heterocycles. The van der Waals surface area contributed by atoms with Crippen LogP contribution in [0.2, 0.25) is 0 Å². The summed E-state index contributed by atoms with van der Waals surface area (Å²) in [5, 5.41) is 2.67. The fourth-order valence-corrected chi connectivity index (χ4v) is 2.28. The molecule has 3 N–H and O–H groups in total. The summed E-state index contributed by atoms with van der Waals surface area (Å²) in [6.07, 6.45) is 0.710. The number of hydroxylamine groups is 1. The van der Waals surface area contributed by atoms with Crippen LogP contribution in [0.25, 0.3) is 0 Å². The van der Waals surface area contributed by atoms with Gasteiger partial charge in [-0.1, -0.05) is 30.3 Å². The smallest absolute Gasteiger partial charge is 0.325 e. The third kappa shape index (κ3) is 3.60. The summed E-state index contributed by atoms with van der Waals surface area (Å²) >= 11 is 5.64. The number of nitrogens with two attached hydrogens (primary N) is 1. The van der Waals surface area contributed by atoms with Crippen molar-refractivity contribution in [1.29, 1.82) is 0 Å². The Bertz CT molecular complexity index is 410. The number of rotatable bonds is 5. The molecule has 4 nitrogen and oxygen atoms in total.